The fourth-order valence-corrected chi connectivity index (χ4v) is 4.16. The minimum absolute atomic E-state index is 0.0777. The van der Waals surface area contributed by atoms with Gasteiger partial charge in [-0.15, -0.1) is 0 Å². The Bertz CT molecular complexity index is 877. The van der Waals surface area contributed by atoms with E-state index in [1.807, 2.05) is 6.92 Å². The highest BCUT2D eigenvalue weighted by Gasteiger charge is 2.34. The van der Waals surface area contributed by atoms with Gasteiger partial charge in [-0.05, 0) is 30.5 Å². The molecule has 0 aliphatic heterocycles. The second-order valence-corrected chi connectivity index (χ2v) is 8.45. The maximum Gasteiger partial charge on any atom is 0.246 e. The van der Waals surface area contributed by atoms with Crippen molar-refractivity contribution in [2.75, 3.05) is 5.32 Å². The molecule has 3 rings (SSSR count). The van der Waals surface area contributed by atoms with Crippen molar-refractivity contribution in [3.63, 3.8) is 0 Å². The first-order valence-electron chi connectivity index (χ1n) is 8.26. The molecule has 2 aromatic heterocycles. The van der Waals surface area contributed by atoms with E-state index in [1.54, 1.807) is 4.57 Å². The standard InChI is InChI=1S/C16H21N5O2S2/c1-4-5-11-19-20-15(24)21(11)8-12(23)18-14-17-9-6-16(2,3)7-10(22)13(9)25-14/h4-8H2,1-3H3,(H,20,24)(H,17,18,23). The van der Waals surface area contributed by atoms with Crippen molar-refractivity contribution in [2.45, 2.75) is 53.0 Å². The largest absolute Gasteiger partial charge is 0.300 e. The Morgan fingerprint density at radius 3 is 2.92 bits per heavy atom. The summed E-state index contributed by atoms with van der Waals surface area (Å²) < 4.78 is 2.12. The van der Waals surface area contributed by atoms with E-state index in [0.717, 1.165) is 30.8 Å². The maximum atomic E-state index is 12.4. The summed E-state index contributed by atoms with van der Waals surface area (Å²) in [6, 6.07) is 0. The smallest absolute Gasteiger partial charge is 0.246 e. The number of thiazole rings is 1. The normalized spacial score (nSPS) is 15.9. The van der Waals surface area contributed by atoms with Gasteiger partial charge in [-0.1, -0.05) is 32.1 Å². The van der Waals surface area contributed by atoms with Gasteiger partial charge >= 0.3 is 0 Å². The topological polar surface area (TPSA) is 92.7 Å². The van der Waals surface area contributed by atoms with E-state index < -0.39 is 0 Å². The van der Waals surface area contributed by atoms with Crippen LogP contribution in [-0.2, 0) is 24.2 Å². The number of amides is 1. The van der Waals surface area contributed by atoms with Gasteiger partial charge in [0.25, 0.3) is 0 Å². The summed E-state index contributed by atoms with van der Waals surface area (Å²) in [6.45, 7) is 6.23. The van der Waals surface area contributed by atoms with Gasteiger partial charge in [-0.3, -0.25) is 19.3 Å². The molecule has 0 fully saturated rings. The molecule has 0 radical (unpaired) electrons. The van der Waals surface area contributed by atoms with Gasteiger partial charge in [0.15, 0.2) is 15.7 Å². The minimum Gasteiger partial charge on any atom is -0.300 e. The summed E-state index contributed by atoms with van der Waals surface area (Å²) in [5, 5.41) is 10.1. The van der Waals surface area contributed by atoms with Gasteiger partial charge in [0.1, 0.15) is 12.4 Å². The quantitative estimate of drug-likeness (QED) is 0.779. The van der Waals surface area contributed by atoms with Gasteiger partial charge in [-0.25, -0.2) is 4.98 Å². The molecule has 0 saturated heterocycles. The van der Waals surface area contributed by atoms with Gasteiger partial charge in [0.05, 0.1) is 10.6 Å². The third-order valence-electron chi connectivity index (χ3n) is 4.09. The van der Waals surface area contributed by atoms with Crippen LogP contribution in [0, 0.1) is 10.2 Å². The monoisotopic (exact) mass is 379 g/mol. The van der Waals surface area contributed by atoms with Crippen LogP contribution in [0.4, 0.5) is 5.13 Å². The second kappa shape index (κ2) is 6.80. The number of nitrogens with zero attached hydrogens (tertiary/aromatic N) is 3. The van der Waals surface area contributed by atoms with Crippen LogP contribution in [0.5, 0.6) is 0 Å². The highest BCUT2D eigenvalue weighted by Crippen LogP contribution is 2.38. The van der Waals surface area contributed by atoms with Crippen LogP contribution in [0.25, 0.3) is 0 Å². The zero-order chi connectivity index (χ0) is 18.2. The van der Waals surface area contributed by atoms with Crippen LogP contribution in [0.3, 0.4) is 0 Å². The third kappa shape index (κ3) is 3.87. The maximum absolute atomic E-state index is 12.4. The van der Waals surface area contributed by atoms with Crippen molar-refractivity contribution in [3.05, 3.63) is 21.2 Å². The summed E-state index contributed by atoms with van der Waals surface area (Å²) in [4.78, 5) is 29.7. The number of Topliss-reactive ketones (excluding diaryl/α,β-unsaturated/α-hetero) is 1. The van der Waals surface area contributed by atoms with Crippen molar-refractivity contribution in [1.82, 2.24) is 19.7 Å². The molecule has 1 aliphatic carbocycles. The summed E-state index contributed by atoms with van der Waals surface area (Å²) >= 11 is 6.44. The first kappa shape index (κ1) is 17.9. The average Bonchev–Trinajstić information content (AvgIpc) is 3.04. The molecule has 7 nitrogen and oxygen atoms in total. The van der Waals surface area contributed by atoms with Gasteiger partial charge in [0, 0.05) is 12.8 Å². The number of carbonyl (C=O) groups is 2. The van der Waals surface area contributed by atoms with Gasteiger partial charge in [-0.2, -0.15) is 5.10 Å². The Hall–Kier alpha value is -1.87. The average molecular weight is 380 g/mol. The molecule has 25 heavy (non-hydrogen) atoms. The van der Waals surface area contributed by atoms with Gasteiger partial charge < -0.3 is 5.32 Å². The molecule has 134 valence electrons. The SMILES string of the molecule is CCCc1n[nH]c(=S)n1CC(=O)Nc1nc2c(s1)C(=O)CC(C)(C)C2. The van der Waals surface area contributed by atoms with E-state index in [0.29, 0.717) is 21.2 Å². The van der Waals surface area contributed by atoms with Crippen molar-refractivity contribution in [3.8, 4) is 0 Å². The first-order valence-corrected chi connectivity index (χ1v) is 9.48. The molecule has 2 heterocycles. The second-order valence-electron chi connectivity index (χ2n) is 7.07. The third-order valence-corrected chi connectivity index (χ3v) is 5.46. The number of H-pyrrole nitrogens is 1. The predicted molar refractivity (Wildman–Crippen MR) is 98.6 cm³/mol. The molecule has 9 heteroatoms. The zero-order valence-electron chi connectivity index (χ0n) is 14.5. The number of aryl methyl sites for hydroxylation is 1. The summed E-state index contributed by atoms with van der Waals surface area (Å²) in [5.41, 5.74) is 0.700. The van der Waals surface area contributed by atoms with Crippen molar-refractivity contribution >= 4 is 40.4 Å². The van der Waals surface area contributed by atoms with E-state index in [4.69, 9.17) is 12.2 Å². The highest BCUT2D eigenvalue weighted by atomic mass is 32.1. The van der Waals surface area contributed by atoms with E-state index in [2.05, 4.69) is 34.3 Å². The predicted octanol–water partition coefficient (Wildman–Crippen LogP) is 3.14. The lowest BCUT2D eigenvalue weighted by atomic mass is 9.78. The van der Waals surface area contributed by atoms with Crippen molar-refractivity contribution in [2.24, 2.45) is 5.41 Å². The van der Waals surface area contributed by atoms with Crippen LogP contribution in [0.15, 0.2) is 0 Å². The number of anilines is 1. The Morgan fingerprint density at radius 1 is 1.44 bits per heavy atom. The summed E-state index contributed by atoms with van der Waals surface area (Å²) in [5.74, 6) is 0.636. The zero-order valence-corrected chi connectivity index (χ0v) is 16.1. The number of fused-ring (bicyclic) bond motifs is 1. The number of hydrogen-bond acceptors (Lipinski definition) is 6. The molecule has 1 amide bonds. The minimum atomic E-state index is -0.229. The lowest BCUT2D eigenvalue weighted by Crippen LogP contribution is -2.26. The van der Waals surface area contributed by atoms with Crippen LogP contribution in [-0.4, -0.2) is 31.4 Å². The van der Waals surface area contributed by atoms with Crippen molar-refractivity contribution in [1.29, 1.82) is 0 Å². The van der Waals surface area contributed by atoms with Crippen LogP contribution < -0.4 is 5.32 Å². The fourth-order valence-electron chi connectivity index (χ4n) is 3.00. The Morgan fingerprint density at radius 2 is 2.20 bits per heavy atom. The highest BCUT2D eigenvalue weighted by molar-refractivity contribution is 7.71. The molecule has 0 bridgehead atoms. The molecular weight excluding hydrogens is 358 g/mol. The lowest BCUT2D eigenvalue weighted by Gasteiger charge is -2.26. The Kier molecular flexibility index (Phi) is 4.88. The number of hydrogen-bond donors (Lipinski definition) is 2. The number of carbonyl (C=O) groups excluding carboxylic acids is 2. The number of nitrogens with one attached hydrogen (secondary N) is 2. The number of rotatable bonds is 5. The molecule has 1 aliphatic rings. The molecule has 0 unspecified atom stereocenters. The van der Waals surface area contributed by atoms with Crippen molar-refractivity contribution < 1.29 is 9.59 Å². The van der Waals surface area contributed by atoms with Crippen LogP contribution in [0.2, 0.25) is 0 Å². The van der Waals surface area contributed by atoms with E-state index >= 15 is 0 Å². The molecule has 2 aromatic rings. The number of aromatic nitrogens is 4. The fraction of sp³-hybridized carbons (Fsp3) is 0.562. The lowest BCUT2D eigenvalue weighted by molar-refractivity contribution is -0.116. The Labute approximate surface area is 154 Å². The molecule has 0 atom stereocenters. The van der Waals surface area contributed by atoms with Gasteiger partial charge in [0.2, 0.25) is 5.91 Å². The van der Waals surface area contributed by atoms with E-state index in [-0.39, 0.29) is 23.7 Å². The molecular formula is C16H21N5O2S2. The summed E-state index contributed by atoms with van der Waals surface area (Å²) in [6.07, 6.45) is 2.92. The van der Waals surface area contributed by atoms with Crippen LogP contribution >= 0.6 is 23.6 Å². The molecule has 0 aromatic carbocycles. The van der Waals surface area contributed by atoms with Crippen LogP contribution in [0.1, 0.15) is 54.8 Å². The Balaban J connectivity index is 1.74. The summed E-state index contributed by atoms with van der Waals surface area (Å²) in [7, 11) is 0. The molecule has 0 spiro atoms. The van der Waals surface area contributed by atoms with E-state index in [9.17, 15) is 9.59 Å². The molecule has 0 saturated carbocycles. The number of aromatic amines is 1. The molecule has 2 N–H and O–H groups in total. The van der Waals surface area contributed by atoms with E-state index in [1.165, 1.54) is 11.3 Å². The number of ketones is 1. The first-order chi connectivity index (χ1) is 11.8.